The fourth-order valence-corrected chi connectivity index (χ4v) is 2.74. The molecule has 3 rings (SSSR count). The fourth-order valence-electron chi connectivity index (χ4n) is 2.74. The molecule has 0 aliphatic rings. The van der Waals surface area contributed by atoms with Crippen molar-refractivity contribution in [1.82, 2.24) is 19.7 Å². The van der Waals surface area contributed by atoms with Gasteiger partial charge >= 0.3 is 11.9 Å². The molecule has 1 aromatic heterocycles. The van der Waals surface area contributed by atoms with Gasteiger partial charge in [0.1, 0.15) is 5.82 Å². The first-order valence-electron chi connectivity index (χ1n) is 8.52. The summed E-state index contributed by atoms with van der Waals surface area (Å²) in [7, 11) is 1.39. The summed E-state index contributed by atoms with van der Waals surface area (Å²) in [5.74, 6) is -1.27. The second-order valence-corrected chi connectivity index (χ2v) is 6.20. The van der Waals surface area contributed by atoms with Crippen LogP contribution in [0.1, 0.15) is 15.9 Å². The minimum absolute atomic E-state index is 0.0217. The minimum atomic E-state index is -4.52. The molecule has 1 N–H and O–H groups in total. The van der Waals surface area contributed by atoms with Crippen molar-refractivity contribution in [2.75, 3.05) is 6.54 Å². The molecule has 1 heterocycles. The van der Waals surface area contributed by atoms with Gasteiger partial charge in [-0.15, -0.1) is 5.10 Å². The molecule has 0 spiro atoms. The molecule has 29 heavy (non-hydrogen) atoms. The maximum absolute atomic E-state index is 13.6. The molecule has 0 atom stereocenters. The van der Waals surface area contributed by atoms with E-state index in [-0.39, 0.29) is 30.0 Å². The molecule has 0 radical (unpaired) electrons. The van der Waals surface area contributed by atoms with Gasteiger partial charge in [-0.1, -0.05) is 24.3 Å². The van der Waals surface area contributed by atoms with Crippen LogP contribution in [0.5, 0.6) is 0 Å². The van der Waals surface area contributed by atoms with E-state index in [9.17, 15) is 27.2 Å². The highest BCUT2D eigenvalue weighted by atomic mass is 19.4. The van der Waals surface area contributed by atoms with Crippen LogP contribution in [-0.4, -0.2) is 26.8 Å². The predicted octanol–water partition coefficient (Wildman–Crippen LogP) is 2.84. The number of hydrogen-bond acceptors (Lipinski definition) is 3. The highest BCUT2D eigenvalue weighted by molar-refractivity contribution is 5.94. The molecule has 2 aromatic carbocycles. The van der Waals surface area contributed by atoms with Gasteiger partial charge in [-0.2, -0.15) is 13.2 Å². The Morgan fingerprint density at radius 2 is 1.86 bits per heavy atom. The Kier molecular flexibility index (Phi) is 5.53. The smallest absolute Gasteiger partial charge is 0.350 e. The Hall–Kier alpha value is -3.43. The number of nitrogens with one attached hydrogen (secondary N) is 1. The van der Waals surface area contributed by atoms with Gasteiger partial charge in [-0.25, -0.2) is 13.9 Å². The summed E-state index contributed by atoms with van der Waals surface area (Å²) in [5.41, 5.74) is -1.41. The summed E-state index contributed by atoms with van der Waals surface area (Å²) in [6.07, 6.45) is -4.52. The number of carbonyl (C=O) groups excluding carboxylic acids is 1. The average Bonchev–Trinajstić information content (AvgIpc) is 2.96. The Morgan fingerprint density at radius 1 is 1.14 bits per heavy atom. The summed E-state index contributed by atoms with van der Waals surface area (Å²) >= 11 is 0. The van der Waals surface area contributed by atoms with Gasteiger partial charge in [-0.3, -0.25) is 9.36 Å². The average molecular weight is 408 g/mol. The van der Waals surface area contributed by atoms with E-state index >= 15 is 0 Å². The first-order valence-corrected chi connectivity index (χ1v) is 8.52. The molecule has 152 valence electrons. The van der Waals surface area contributed by atoms with Gasteiger partial charge in [-0.05, 0) is 24.3 Å². The van der Waals surface area contributed by atoms with Crippen LogP contribution in [-0.2, 0) is 19.8 Å². The molecule has 0 aliphatic heterocycles. The van der Waals surface area contributed by atoms with Crippen molar-refractivity contribution in [3.8, 4) is 11.4 Å². The molecule has 0 saturated carbocycles. The van der Waals surface area contributed by atoms with Crippen molar-refractivity contribution in [3.05, 3.63) is 76.0 Å². The van der Waals surface area contributed by atoms with E-state index < -0.39 is 29.2 Å². The van der Waals surface area contributed by atoms with Crippen molar-refractivity contribution < 1.29 is 22.4 Å². The van der Waals surface area contributed by atoms with E-state index in [0.717, 1.165) is 27.4 Å². The zero-order chi connectivity index (χ0) is 21.2. The van der Waals surface area contributed by atoms with Crippen LogP contribution in [0.25, 0.3) is 11.4 Å². The third-order valence-corrected chi connectivity index (χ3v) is 4.22. The molecule has 0 bridgehead atoms. The number of carbonyl (C=O) groups is 1. The quantitative estimate of drug-likeness (QED) is 0.661. The van der Waals surface area contributed by atoms with Crippen molar-refractivity contribution in [3.63, 3.8) is 0 Å². The Balaban J connectivity index is 1.75. The van der Waals surface area contributed by atoms with Crippen molar-refractivity contribution >= 4 is 5.91 Å². The molecule has 0 aliphatic carbocycles. The van der Waals surface area contributed by atoms with Crippen LogP contribution in [0, 0.1) is 5.82 Å². The largest absolute Gasteiger partial charge is 0.416 e. The lowest BCUT2D eigenvalue weighted by Crippen LogP contribution is -2.32. The Morgan fingerprint density at radius 3 is 2.55 bits per heavy atom. The van der Waals surface area contributed by atoms with Crippen LogP contribution in [0.4, 0.5) is 17.6 Å². The molecular weight excluding hydrogens is 392 g/mol. The number of alkyl halides is 3. The molecular formula is C19H16F4N4O2. The lowest BCUT2D eigenvalue weighted by atomic mass is 10.1. The summed E-state index contributed by atoms with van der Waals surface area (Å²) in [6.45, 7) is -0.0576. The number of amides is 1. The second kappa shape index (κ2) is 7.90. The van der Waals surface area contributed by atoms with Gasteiger partial charge in [0.05, 0.1) is 17.7 Å². The predicted molar refractivity (Wildman–Crippen MR) is 96.6 cm³/mol. The zero-order valence-electron chi connectivity index (χ0n) is 15.2. The number of hydrogen-bond donors (Lipinski definition) is 1. The van der Waals surface area contributed by atoms with E-state index in [1.807, 2.05) is 0 Å². The summed E-state index contributed by atoms with van der Waals surface area (Å²) in [6, 6.07) is 9.93. The highest BCUT2D eigenvalue weighted by Gasteiger charge is 2.30. The topological polar surface area (TPSA) is 68.9 Å². The monoisotopic (exact) mass is 408 g/mol. The molecule has 3 aromatic rings. The second-order valence-electron chi connectivity index (χ2n) is 6.20. The molecule has 0 fully saturated rings. The number of nitrogens with zero attached hydrogens (tertiary/aromatic N) is 3. The van der Waals surface area contributed by atoms with E-state index in [1.165, 1.54) is 37.4 Å². The van der Waals surface area contributed by atoms with Gasteiger partial charge in [0, 0.05) is 19.2 Å². The van der Waals surface area contributed by atoms with Crippen LogP contribution < -0.4 is 11.0 Å². The Labute approximate surface area is 162 Å². The van der Waals surface area contributed by atoms with Crippen molar-refractivity contribution in [1.29, 1.82) is 0 Å². The van der Waals surface area contributed by atoms with Crippen LogP contribution in [0.3, 0.4) is 0 Å². The number of aromatic nitrogens is 3. The van der Waals surface area contributed by atoms with Crippen LogP contribution in [0.2, 0.25) is 0 Å². The molecule has 0 saturated heterocycles. The first kappa shape index (κ1) is 20.3. The van der Waals surface area contributed by atoms with E-state index in [0.29, 0.717) is 0 Å². The van der Waals surface area contributed by atoms with Gasteiger partial charge in [0.25, 0.3) is 5.91 Å². The lowest BCUT2D eigenvalue weighted by molar-refractivity contribution is -0.137. The first-order chi connectivity index (χ1) is 13.7. The fraction of sp³-hybridized carbons (Fsp3) is 0.211. The number of rotatable bonds is 5. The zero-order valence-corrected chi connectivity index (χ0v) is 15.2. The Bertz CT molecular complexity index is 1100. The third-order valence-electron chi connectivity index (χ3n) is 4.22. The van der Waals surface area contributed by atoms with Crippen molar-refractivity contribution in [2.45, 2.75) is 12.7 Å². The molecule has 0 unspecified atom stereocenters. The van der Waals surface area contributed by atoms with Gasteiger partial charge < -0.3 is 5.32 Å². The van der Waals surface area contributed by atoms with E-state index in [2.05, 4.69) is 10.4 Å². The summed E-state index contributed by atoms with van der Waals surface area (Å²) in [4.78, 5) is 24.3. The third kappa shape index (κ3) is 4.36. The van der Waals surface area contributed by atoms with E-state index in [1.54, 1.807) is 0 Å². The highest BCUT2D eigenvalue weighted by Crippen LogP contribution is 2.31. The lowest BCUT2D eigenvalue weighted by Gasteiger charge is -2.08. The number of benzene rings is 2. The number of halogens is 4. The SMILES string of the molecule is Cn1c(-c2cccc(C(F)(F)F)c2)nn(CCNC(=O)c2ccccc2F)c1=O. The summed E-state index contributed by atoms with van der Waals surface area (Å²) in [5, 5.41) is 6.54. The normalized spacial score (nSPS) is 11.5. The van der Waals surface area contributed by atoms with Gasteiger partial charge in [0.2, 0.25) is 0 Å². The molecule has 10 heteroatoms. The maximum Gasteiger partial charge on any atom is 0.416 e. The molecule has 6 nitrogen and oxygen atoms in total. The summed E-state index contributed by atoms with van der Waals surface area (Å²) < 4.78 is 54.5. The van der Waals surface area contributed by atoms with Crippen molar-refractivity contribution in [2.24, 2.45) is 7.05 Å². The van der Waals surface area contributed by atoms with Crippen LogP contribution >= 0.6 is 0 Å². The van der Waals surface area contributed by atoms with Crippen LogP contribution in [0.15, 0.2) is 53.3 Å². The minimum Gasteiger partial charge on any atom is -0.350 e. The standard InChI is InChI=1S/C19H16F4N4O2/c1-26-16(12-5-4-6-13(11-12)19(21,22)23)25-27(18(26)29)10-9-24-17(28)14-7-2-3-8-15(14)20/h2-8,11H,9-10H2,1H3,(H,24,28). The van der Waals surface area contributed by atoms with E-state index in [4.69, 9.17) is 0 Å². The van der Waals surface area contributed by atoms with Gasteiger partial charge in [0.15, 0.2) is 5.82 Å². The molecule has 1 amide bonds. The maximum atomic E-state index is 13.6.